The number of ether oxygens (including phenoxy) is 1. The summed E-state index contributed by atoms with van der Waals surface area (Å²) >= 11 is 0. The number of sulfonamides is 1. The van der Waals surface area contributed by atoms with Gasteiger partial charge in [-0.05, 0) is 47.7 Å². The minimum Gasteiger partial charge on any atom is -0.375 e. The van der Waals surface area contributed by atoms with Gasteiger partial charge in [-0.1, -0.05) is 72.8 Å². The van der Waals surface area contributed by atoms with Crippen molar-refractivity contribution in [2.75, 3.05) is 18.9 Å². The van der Waals surface area contributed by atoms with E-state index in [1.54, 1.807) is 0 Å². The lowest BCUT2D eigenvalue weighted by molar-refractivity contribution is 0.102. The molecule has 0 radical (unpaired) electrons. The number of hydrogen-bond acceptors (Lipinski definition) is 4. The molecule has 0 saturated carbocycles. The zero-order valence-corrected chi connectivity index (χ0v) is 18.0. The van der Waals surface area contributed by atoms with Crippen molar-refractivity contribution in [3.8, 4) is 0 Å². The summed E-state index contributed by atoms with van der Waals surface area (Å²) in [6, 6.07) is 23.6. The Kier molecular flexibility index (Phi) is 8.39. The van der Waals surface area contributed by atoms with E-state index in [1.807, 2.05) is 72.8 Å². The Bertz CT molecular complexity index is 1020. The van der Waals surface area contributed by atoms with Crippen LogP contribution in [0, 0.1) is 0 Å². The van der Waals surface area contributed by atoms with Gasteiger partial charge in [-0.15, -0.1) is 0 Å². The van der Waals surface area contributed by atoms with E-state index in [9.17, 15) is 8.42 Å². The third kappa shape index (κ3) is 6.92. The molecule has 0 bridgehead atoms. The zero-order chi connectivity index (χ0) is 21.2. The molecule has 0 fully saturated rings. The van der Waals surface area contributed by atoms with Gasteiger partial charge < -0.3 is 10.5 Å². The molecule has 0 aliphatic heterocycles. The van der Waals surface area contributed by atoms with Gasteiger partial charge in [0.05, 0.1) is 19.0 Å². The van der Waals surface area contributed by atoms with E-state index in [-0.39, 0.29) is 11.8 Å². The summed E-state index contributed by atoms with van der Waals surface area (Å²) in [5.41, 5.74) is 7.73. The van der Waals surface area contributed by atoms with Crippen molar-refractivity contribution in [2.45, 2.75) is 31.9 Å². The molecule has 5 nitrogen and oxygen atoms in total. The monoisotopic (exact) mass is 426 g/mol. The van der Waals surface area contributed by atoms with Crippen molar-refractivity contribution in [3.63, 3.8) is 0 Å². The maximum absolute atomic E-state index is 12.7. The van der Waals surface area contributed by atoms with Crippen molar-refractivity contribution in [1.82, 2.24) is 4.72 Å². The summed E-state index contributed by atoms with van der Waals surface area (Å²) in [7, 11) is -3.44. The normalized spacial score (nSPS) is 12.8. The van der Waals surface area contributed by atoms with E-state index in [1.165, 1.54) is 0 Å². The molecule has 1 atom stereocenters. The van der Waals surface area contributed by atoms with Gasteiger partial charge in [-0.25, -0.2) is 13.1 Å². The van der Waals surface area contributed by atoms with Crippen molar-refractivity contribution < 1.29 is 13.2 Å². The third-order valence-corrected chi connectivity index (χ3v) is 6.49. The van der Waals surface area contributed by atoms with Crippen molar-refractivity contribution in [2.24, 2.45) is 5.73 Å². The fourth-order valence-electron chi connectivity index (χ4n) is 3.50. The first-order chi connectivity index (χ1) is 14.6. The minimum atomic E-state index is -3.44. The molecule has 0 spiro atoms. The smallest absolute Gasteiger partial charge is 0.212 e. The topological polar surface area (TPSA) is 81.4 Å². The van der Waals surface area contributed by atoms with Gasteiger partial charge in [-0.3, -0.25) is 0 Å². The standard InChI is InChI=1S/C24H30N2O3S/c25-16-7-13-23(19-29-18-20-8-2-1-3-9-20)26-30(27,28)17-15-22-12-6-11-21-10-4-5-14-24(21)22/h1-6,8-12,14,23,26H,7,13,15-19,25H2/t23-/m0/s1. The van der Waals surface area contributed by atoms with Gasteiger partial charge in [-0.2, -0.15) is 0 Å². The molecule has 0 aromatic heterocycles. The van der Waals surface area contributed by atoms with E-state index in [2.05, 4.69) is 4.72 Å². The van der Waals surface area contributed by atoms with Crippen LogP contribution < -0.4 is 10.5 Å². The van der Waals surface area contributed by atoms with Crippen LogP contribution in [0.3, 0.4) is 0 Å². The second-order valence-electron chi connectivity index (χ2n) is 7.45. The molecule has 160 valence electrons. The van der Waals surface area contributed by atoms with Gasteiger partial charge in [0.15, 0.2) is 0 Å². The van der Waals surface area contributed by atoms with Crippen molar-refractivity contribution in [1.29, 1.82) is 0 Å². The summed E-state index contributed by atoms with van der Waals surface area (Å²) in [5.74, 6) is 0.0405. The highest BCUT2D eigenvalue weighted by Crippen LogP contribution is 2.19. The number of aryl methyl sites for hydroxylation is 1. The second kappa shape index (κ2) is 11.2. The first kappa shape index (κ1) is 22.4. The van der Waals surface area contributed by atoms with Gasteiger partial charge in [0, 0.05) is 6.04 Å². The molecule has 3 N–H and O–H groups in total. The quantitative estimate of drug-likeness (QED) is 0.463. The molecule has 30 heavy (non-hydrogen) atoms. The molecule has 0 amide bonds. The maximum atomic E-state index is 12.7. The summed E-state index contributed by atoms with van der Waals surface area (Å²) < 4.78 is 34.1. The van der Waals surface area contributed by atoms with Gasteiger partial charge in [0.25, 0.3) is 0 Å². The molecule has 3 aromatic carbocycles. The molecule has 6 heteroatoms. The Morgan fingerprint density at radius 2 is 1.67 bits per heavy atom. The average Bonchev–Trinajstić information content (AvgIpc) is 2.76. The van der Waals surface area contributed by atoms with Crippen LogP contribution in [0.4, 0.5) is 0 Å². The number of fused-ring (bicyclic) bond motifs is 1. The Morgan fingerprint density at radius 3 is 2.47 bits per heavy atom. The average molecular weight is 427 g/mol. The van der Waals surface area contributed by atoms with Crippen molar-refractivity contribution in [3.05, 3.63) is 83.9 Å². The number of benzene rings is 3. The third-order valence-electron chi connectivity index (χ3n) is 5.05. The van der Waals surface area contributed by atoms with Gasteiger partial charge in [0.2, 0.25) is 10.0 Å². The molecule has 0 unspecified atom stereocenters. The summed E-state index contributed by atoms with van der Waals surface area (Å²) in [5, 5.41) is 2.22. The second-order valence-corrected chi connectivity index (χ2v) is 9.33. The lowest BCUT2D eigenvalue weighted by Crippen LogP contribution is -2.40. The molecule has 0 heterocycles. The molecular weight excluding hydrogens is 396 g/mol. The summed E-state index contributed by atoms with van der Waals surface area (Å²) in [6.45, 7) is 1.30. The fourth-order valence-corrected chi connectivity index (χ4v) is 4.80. The van der Waals surface area contributed by atoms with Gasteiger partial charge in [0.1, 0.15) is 0 Å². The number of nitrogens with two attached hydrogens (primary N) is 1. The van der Waals surface area contributed by atoms with Gasteiger partial charge >= 0.3 is 0 Å². The number of nitrogens with one attached hydrogen (secondary N) is 1. The first-order valence-corrected chi connectivity index (χ1v) is 12.0. The first-order valence-electron chi connectivity index (χ1n) is 10.4. The lowest BCUT2D eigenvalue weighted by Gasteiger charge is -2.19. The molecule has 0 aliphatic carbocycles. The van der Waals surface area contributed by atoms with Crippen LogP contribution in [0.25, 0.3) is 10.8 Å². The van der Waals surface area contributed by atoms with E-state index in [0.29, 0.717) is 32.6 Å². The Hall–Kier alpha value is -2.25. The van der Waals surface area contributed by atoms with E-state index in [4.69, 9.17) is 10.5 Å². The minimum absolute atomic E-state index is 0.0405. The molecule has 3 rings (SSSR count). The Labute approximate surface area is 179 Å². The van der Waals surface area contributed by atoms with E-state index < -0.39 is 10.0 Å². The predicted molar refractivity (Wildman–Crippen MR) is 123 cm³/mol. The van der Waals surface area contributed by atoms with Crippen LogP contribution in [0.5, 0.6) is 0 Å². The number of hydrogen-bond donors (Lipinski definition) is 2. The van der Waals surface area contributed by atoms with E-state index in [0.717, 1.165) is 28.3 Å². The number of rotatable bonds is 12. The zero-order valence-electron chi connectivity index (χ0n) is 17.2. The molecular formula is C24H30N2O3S. The fraction of sp³-hybridized carbons (Fsp3) is 0.333. The van der Waals surface area contributed by atoms with Crippen LogP contribution in [0.1, 0.15) is 24.0 Å². The molecule has 0 saturated heterocycles. The lowest BCUT2D eigenvalue weighted by atomic mass is 10.0. The SMILES string of the molecule is NCCC[C@@H](COCc1ccccc1)NS(=O)(=O)CCc1cccc2ccccc12. The maximum Gasteiger partial charge on any atom is 0.212 e. The largest absolute Gasteiger partial charge is 0.375 e. The van der Waals surface area contributed by atoms with Crippen LogP contribution in [0.2, 0.25) is 0 Å². The predicted octanol–water partition coefficient (Wildman–Crippen LogP) is 3.63. The highest BCUT2D eigenvalue weighted by Gasteiger charge is 2.18. The molecule has 3 aromatic rings. The van der Waals surface area contributed by atoms with Crippen LogP contribution in [0.15, 0.2) is 72.8 Å². The highest BCUT2D eigenvalue weighted by atomic mass is 32.2. The van der Waals surface area contributed by atoms with Crippen LogP contribution >= 0.6 is 0 Å². The van der Waals surface area contributed by atoms with E-state index >= 15 is 0 Å². The van der Waals surface area contributed by atoms with Crippen LogP contribution in [-0.4, -0.2) is 33.4 Å². The summed E-state index contributed by atoms with van der Waals surface area (Å²) in [6.07, 6.45) is 1.86. The Balaban J connectivity index is 1.58. The summed E-state index contributed by atoms with van der Waals surface area (Å²) in [4.78, 5) is 0. The molecule has 0 aliphatic rings. The highest BCUT2D eigenvalue weighted by molar-refractivity contribution is 7.89. The van der Waals surface area contributed by atoms with Crippen LogP contribution in [-0.2, 0) is 27.8 Å². The van der Waals surface area contributed by atoms with Crippen molar-refractivity contribution >= 4 is 20.8 Å². The Morgan fingerprint density at radius 1 is 0.933 bits per heavy atom.